The number of nitrogens with two attached hydrogens (primary N) is 1. The molecule has 0 aliphatic rings. The van der Waals surface area contributed by atoms with Gasteiger partial charge in [-0.25, -0.2) is 4.68 Å². The minimum absolute atomic E-state index is 0.0107. The van der Waals surface area contributed by atoms with Crippen molar-refractivity contribution in [1.29, 1.82) is 0 Å². The van der Waals surface area contributed by atoms with Gasteiger partial charge in [-0.3, -0.25) is 0 Å². The van der Waals surface area contributed by atoms with Crippen LogP contribution in [0.25, 0.3) is 0 Å². The van der Waals surface area contributed by atoms with Crippen molar-refractivity contribution in [3.05, 3.63) is 18.0 Å². The lowest BCUT2D eigenvalue weighted by atomic mass is 9.95. The first-order valence-corrected chi connectivity index (χ1v) is 5.85. The fourth-order valence-electron chi connectivity index (χ4n) is 1.37. The molecular weight excluding hydrogens is 232 g/mol. The second-order valence-electron chi connectivity index (χ2n) is 5.22. The molecule has 0 spiro atoms. The summed E-state index contributed by atoms with van der Waals surface area (Å²) in [4.78, 5) is 0. The van der Waals surface area contributed by atoms with E-state index in [0.717, 1.165) is 5.57 Å². The third-order valence-electron chi connectivity index (χ3n) is 2.58. The van der Waals surface area contributed by atoms with Crippen LogP contribution in [-0.4, -0.2) is 33.2 Å². The zero-order valence-corrected chi connectivity index (χ0v) is 11.1. The van der Waals surface area contributed by atoms with E-state index < -0.39 is 0 Å². The van der Waals surface area contributed by atoms with Crippen molar-refractivity contribution in [2.45, 2.75) is 27.3 Å². The lowest BCUT2D eigenvalue weighted by molar-refractivity contribution is 0.137. The molecule has 0 atom stereocenters. The first kappa shape index (κ1) is 14.5. The van der Waals surface area contributed by atoms with E-state index in [0.29, 0.717) is 18.1 Å². The van der Waals surface area contributed by atoms with E-state index in [-0.39, 0.29) is 18.6 Å². The molecule has 102 valence electrons. The molecule has 0 saturated carbocycles. The zero-order valence-electron chi connectivity index (χ0n) is 11.1. The molecule has 1 heterocycles. The van der Waals surface area contributed by atoms with Gasteiger partial charge in [0, 0.05) is 18.2 Å². The van der Waals surface area contributed by atoms with Crippen molar-refractivity contribution in [2.24, 2.45) is 5.41 Å². The number of nitrogen functional groups attached to an aromatic ring is 1. The molecule has 1 aromatic heterocycles. The molecule has 6 heteroatoms. The second-order valence-corrected chi connectivity index (χ2v) is 5.22. The smallest absolute Gasteiger partial charge is 0.151 e. The fourth-order valence-corrected chi connectivity index (χ4v) is 1.37. The predicted molar refractivity (Wildman–Crippen MR) is 72.0 cm³/mol. The Morgan fingerprint density at radius 2 is 2.22 bits per heavy atom. The summed E-state index contributed by atoms with van der Waals surface area (Å²) in [6.45, 7) is 6.31. The highest BCUT2D eigenvalue weighted by Gasteiger charge is 2.20. The number of aliphatic hydroxyl groups is 2. The number of hydrogen-bond donors (Lipinski definition) is 4. The number of aliphatic hydroxyl groups excluding tert-OH is 2. The average Bonchev–Trinajstić information content (AvgIpc) is 2.66. The molecule has 5 N–H and O–H groups in total. The molecular formula is C12H22N4O2. The largest absolute Gasteiger partial charge is 0.396 e. The minimum Gasteiger partial charge on any atom is -0.396 e. The van der Waals surface area contributed by atoms with Gasteiger partial charge >= 0.3 is 0 Å². The third-order valence-corrected chi connectivity index (χ3v) is 2.58. The van der Waals surface area contributed by atoms with Crippen molar-refractivity contribution < 1.29 is 10.2 Å². The van der Waals surface area contributed by atoms with Gasteiger partial charge in [-0.2, -0.15) is 5.10 Å². The molecule has 0 unspecified atom stereocenters. The first-order chi connectivity index (χ1) is 8.39. The van der Waals surface area contributed by atoms with E-state index in [9.17, 15) is 5.11 Å². The second kappa shape index (κ2) is 5.88. The van der Waals surface area contributed by atoms with E-state index in [4.69, 9.17) is 10.8 Å². The number of nitrogens with zero attached hydrogens (tertiary/aromatic N) is 2. The van der Waals surface area contributed by atoms with E-state index in [1.54, 1.807) is 17.1 Å². The summed E-state index contributed by atoms with van der Waals surface area (Å²) in [7, 11) is 0. The molecule has 0 aromatic carbocycles. The standard InChI is InChI=1S/C12H22N4O2/c1-9(6-17)4-14-11-10(13)5-15-16(11)7-12(2,3)8-18/h4-5,14,17-18H,6-8,13H2,1-3H3/b9-4-. The monoisotopic (exact) mass is 254 g/mol. The molecule has 0 aliphatic heterocycles. The predicted octanol–water partition coefficient (Wildman–Crippen LogP) is 0.792. The highest BCUT2D eigenvalue weighted by atomic mass is 16.3. The Bertz CT molecular complexity index is 424. The highest BCUT2D eigenvalue weighted by molar-refractivity contribution is 5.62. The Kier molecular flexibility index (Phi) is 4.75. The summed E-state index contributed by atoms with van der Waals surface area (Å²) >= 11 is 0. The maximum Gasteiger partial charge on any atom is 0.151 e. The topological polar surface area (TPSA) is 96.3 Å². The SMILES string of the molecule is C/C(=C/Nc1c(N)cnn1CC(C)(C)CO)CO. The highest BCUT2D eigenvalue weighted by Crippen LogP contribution is 2.23. The Balaban J connectivity index is 2.88. The summed E-state index contributed by atoms with van der Waals surface area (Å²) in [5, 5.41) is 25.4. The fraction of sp³-hybridized carbons (Fsp3) is 0.583. The van der Waals surface area contributed by atoms with Crippen LogP contribution in [0.15, 0.2) is 18.0 Å². The summed E-state index contributed by atoms with van der Waals surface area (Å²) in [5.41, 5.74) is 6.88. The van der Waals surface area contributed by atoms with Crippen molar-refractivity contribution >= 4 is 11.5 Å². The van der Waals surface area contributed by atoms with Crippen LogP contribution in [0.4, 0.5) is 11.5 Å². The van der Waals surface area contributed by atoms with Crippen molar-refractivity contribution in [1.82, 2.24) is 9.78 Å². The lowest BCUT2D eigenvalue weighted by Crippen LogP contribution is -2.25. The Morgan fingerprint density at radius 3 is 2.78 bits per heavy atom. The van der Waals surface area contributed by atoms with Crippen molar-refractivity contribution in [2.75, 3.05) is 24.3 Å². The molecule has 18 heavy (non-hydrogen) atoms. The van der Waals surface area contributed by atoms with Gasteiger partial charge in [0.15, 0.2) is 5.82 Å². The van der Waals surface area contributed by atoms with E-state index in [1.165, 1.54) is 0 Å². The number of rotatable bonds is 6. The Labute approximate surface area is 107 Å². The summed E-state index contributed by atoms with van der Waals surface area (Å²) in [6, 6.07) is 0. The van der Waals surface area contributed by atoms with Gasteiger partial charge in [-0.05, 0) is 12.5 Å². The number of aromatic nitrogens is 2. The normalized spacial score (nSPS) is 12.8. The van der Waals surface area contributed by atoms with Gasteiger partial charge in [0.2, 0.25) is 0 Å². The van der Waals surface area contributed by atoms with Crippen LogP contribution in [0.2, 0.25) is 0 Å². The maximum atomic E-state index is 9.27. The van der Waals surface area contributed by atoms with Gasteiger partial charge in [0.1, 0.15) is 0 Å². The van der Waals surface area contributed by atoms with Crippen LogP contribution in [0.3, 0.4) is 0 Å². The molecule has 6 nitrogen and oxygen atoms in total. The van der Waals surface area contributed by atoms with Crippen LogP contribution in [0, 0.1) is 5.41 Å². The number of anilines is 2. The molecule has 0 bridgehead atoms. The quantitative estimate of drug-likeness (QED) is 0.602. The Hall–Kier alpha value is -1.53. The van der Waals surface area contributed by atoms with Crippen LogP contribution in [0.5, 0.6) is 0 Å². The van der Waals surface area contributed by atoms with E-state index in [2.05, 4.69) is 10.4 Å². The zero-order chi connectivity index (χ0) is 13.8. The molecule has 1 aromatic rings. The molecule has 1 rings (SSSR count). The third kappa shape index (κ3) is 3.75. The van der Waals surface area contributed by atoms with Gasteiger partial charge in [0.05, 0.1) is 25.0 Å². The summed E-state index contributed by atoms with van der Waals surface area (Å²) < 4.78 is 1.71. The number of nitrogens with one attached hydrogen (secondary N) is 1. The molecule has 0 saturated heterocycles. The summed E-state index contributed by atoms with van der Waals surface area (Å²) in [6.07, 6.45) is 3.26. The Morgan fingerprint density at radius 1 is 1.56 bits per heavy atom. The number of hydrogen-bond acceptors (Lipinski definition) is 5. The van der Waals surface area contributed by atoms with Crippen LogP contribution < -0.4 is 11.1 Å². The van der Waals surface area contributed by atoms with Crippen LogP contribution in [-0.2, 0) is 6.54 Å². The van der Waals surface area contributed by atoms with Crippen LogP contribution in [0.1, 0.15) is 20.8 Å². The molecule has 0 aliphatic carbocycles. The van der Waals surface area contributed by atoms with Gasteiger partial charge in [0.25, 0.3) is 0 Å². The van der Waals surface area contributed by atoms with E-state index in [1.807, 2.05) is 20.8 Å². The van der Waals surface area contributed by atoms with Crippen molar-refractivity contribution in [3.8, 4) is 0 Å². The molecule has 0 radical (unpaired) electrons. The minimum atomic E-state index is -0.273. The molecule has 0 fully saturated rings. The molecule has 0 amide bonds. The van der Waals surface area contributed by atoms with Gasteiger partial charge in [-0.15, -0.1) is 0 Å². The van der Waals surface area contributed by atoms with E-state index >= 15 is 0 Å². The van der Waals surface area contributed by atoms with Gasteiger partial charge < -0.3 is 21.3 Å². The average molecular weight is 254 g/mol. The lowest BCUT2D eigenvalue weighted by Gasteiger charge is -2.22. The van der Waals surface area contributed by atoms with Gasteiger partial charge in [-0.1, -0.05) is 13.8 Å². The maximum absolute atomic E-state index is 9.27. The summed E-state index contributed by atoms with van der Waals surface area (Å²) in [5.74, 6) is 0.671. The van der Waals surface area contributed by atoms with Crippen LogP contribution >= 0.6 is 0 Å². The van der Waals surface area contributed by atoms with Crippen molar-refractivity contribution in [3.63, 3.8) is 0 Å². The first-order valence-electron chi connectivity index (χ1n) is 5.85.